The van der Waals surface area contributed by atoms with Crippen molar-refractivity contribution in [2.24, 2.45) is 0 Å². The van der Waals surface area contributed by atoms with E-state index in [1.54, 1.807) is 9.80 Å². The highest BCUT2D eigenvalue weighted by Gasteiger charge is 2.33. The molecule has 0 radical (unpaired) electrons. The second kappa shape index (κ2) is 7.99. The van der Waals surface area contributed by atoms with Crippen molar-refractivity contribution < 1.29 is 14.5 Å². The van der Waals surface area contributed by atoms with Crippen LogP contribution in [0.1, 0.15) is 38.1 Å². The number of ether oxygens (including phenoxy) is 1. The van der Waals surface area contributed by atoms with Crippen LogP contribution in [0, 0.1) is 0 Å². The molecule has 7 heteroatoms. The molecule has 2 atom stereocenters. The molecule has 0 aliphatic carbocycles. The molecule has 0 unspecified atom stereocenters. The molecule has 2 N–H and O–H groups in total. The largest absolute Gasteiger partial charge is 0.376 e. The summed E-state index contributed by atoms with van der Waals surface area (Å²) in [5.41, 5.74) is 0. The van der Waals surface area contributed by atoms with E-state index in [1.807, 2.05) is 10.8 Å². The molecular formula is C16H30N6O+2. The van der Waals surface area contributed by atoms with Crippen LogP contribution in [-0.2, 0) is 11.3 Å². The standard InChI is InChI=1S/C16H28N6O/c1-3-7-20-8-10-21(11-9-20)15(4-2)16-17-18-19-22(16)13-14-6-5-12-23-14/h3,14-15H,1,4-13H2,2H3/p+2/t14-,15-/m1/s1. The third-order valence-electron chi connectivity index (χ3n) is 5.21. The molecule has 3 heterocycles. The fourth-order valence-electron chi connectivity index (χ4n) is 3.91. The van der Waals surface area contributed by atoms with E-state index < -0.39 is 0 Å². The lowest BCUT2D eigenvalue weighted by Crippen LogP contribution is -3.28. The fraction of sp³-hybridized carbons (Fsp3) is 0.812. The average molecular weight is 322 g/mol. The fourth-order valence-corrected chi connectivity index (χ4v) is 3.91. The first kappa shape index (κ1) is 16.5. The number of tetrazole rings is 1. The first-order valence-electron chi connectivity index (χ1n) is 8.98. The Bertz CT molecular complexity index is 491. The number of hydrogen-bond acceptors (Lipinski definition) is 4. The minimum atomic E-state index is 0.277. The van der Waals surface area contributed by atoms with E-state index in [4.69, 9.17) is 4.74 Å². The lowest BCUT2D eigenvalue weighted by molar-refractivity contribution is -1.03. The van der Waals surface area contributed by atoms with E-state index in [-0.39, 0.29) is 6.10 Å². The van der Waals surface area contributed by atoms with Crippen molar-refractivity contribution in [1.82, 2.24) is 20.2 Å². The van der Waals surface area contributed by atoms with Gasteiger partial charge in [-0.3, -0.25) is 0 Å². The predicted octanol–water partition coefficient (Wildman–Crippen LogP) is -1.73. The number of nitrogens with zero attached hydrogens (tertiary/aromatic N) is 4. The Labute approximate surface area is 138 Å². The van der Waals surface area contributed by atoms with E-state index in [9.17, 15) is 0 Å². The molecule has 2 saturated heterocycles. The Morgan fingerprint density at radius 3 is 2.87 bits per heavy atom. The lowest BCUT2D eigenvalue weighted by atomic mass is 10.1. The highest BCUT2D eigenvalue weighted by Crippen LogP contribution is 2.16. The van der Waals surface area contributed by atoms with Gasteiger partial charge in [0.1, 0.15) is 32.2 Å². The molecule has 0 aromatic carbocycles. The molecule has 0 saturated carbocycles. The van der Waals surface area contributed by atoms with E-state index in [0.29, 0.717) is 6.04 Å². The summed E-state index contributed by atoms with van der Waals surface area (Å²) in [6.07, 6.45) is 5.64. The number of piperazine rings is 1. The van der Waals surface area contributed by atoms with E-state index in [2.05, 4.69) is 29.0 Å². The maximum Gasteiger partial charge on any atom is 0.209 e. The number of aromatic nitrogens is 4. The average Bonchev–Trinajstić information content (AvgIpc) is 3.23. The van der Waals surface area contributed by atoms with Crippen LogP contribution < -0.4 is 9.80 Å². The summed E-state index contributed by atoms with van der Waals surface area (Å²) in [7, 11) is 0. The van der Waals surface area contributed by atoms with Gasteiger partial charge in [0.15, 0.2) is 0 Å². The summed E-state index contributed by atoms with van der Waals surface area (Å²) in [6.45, 7) is 13.6. The topological polar surface area (TPSA) is 61.7 Å². The number of quaternary nitrogens is 2. The SMILES string of the molecule is C=CC[NH+]1CC[NH+]([C@H](CC)c2nnnn2C[C@H]2CCCO2)CC1. The number of rotatable bonds is 7. The molecule has 7 nitrogen and oxygen atoms in total. The van der Waals surface area contributed by atoms with Gasteiger partial charge >= 0.3 is 0 Å². The van der Waals surface area contributed by atoms with Gasteiger partial charge in [0.25, 0.3) is 0 Å². The van der Waals surface area contributed by atoms with Crippen molar-refractivity contribution in [3.8, 4) is 0 Å². The third kappa shape index (κ3) is 3.97. The highest BCUT2D eigenvalue weighted by atomic mass is 16.5. The van der Waals surface area contributed by atoms with Gasteiger partial charge in [-0.1, -0.05) is 13.5 Å². The molecule has 2 fully saturated rings. The monoisotopic (exact) mass is 322 g/mol. The normalized spacial score (nSPS) is 29.5. The summed E-state index contributed by atoms with van der Waals surface area (Å²) in [5, 5.41) is 12.5. The molecule has 3 rings (SSSR count). The van der Waals surface area contributed by atoms with Gasteiger partial charge in [-0.25, -0.2) is 4.68 Å². The lowest BCUT2D eigenvalue weighted by Gasteiger charge is -2.33. The van der Waals surface area contributed by atoms with Crippen molar-refractivity contribution in [3.63, 3.8) is 0 Å². The Morgan fingerprint density at radius 1 is 1.39 bits per heavy atom. The van der Waals surface area contributed by atoms with Crippen LogP contribution in [0.4, 0.5) is 0 Å². The van der Waals surface area contributed by atoms with Crippen molar-refractivity contribution in [2.45, 2.75) is 44.9 Å². The second-order valence-electron chi connectivity index (χ2n) is 6.72. The molecule has 0 spiro atoms. The summed E-state index contributed by atoms with van der Waals surface area (Å²) in [6, 6.07) is 0.386. The zero-order valence-corrected chi connectivity index (χ0v) is 14.2. The molecule has 2 aliphatic rings. The second-order valence-corrected chi connectivity index (χ2v) is 6.72. The van der Waals surface area contributed by atoms with Crippen LogP contribution in [0.15, 0.2) is 12.7 Å². The Hall–Kier alpha value is -1.31. The van der Waals surface area contributed by atoms with Gasteiger partial charge in [-0.05, 0) is 29.3 Å². The van der Waals surface area contributed by atoms with E-state index in [0.717, 1.165) is 44.8 Å². The van der Waals surface area contributed by atoms with Gasteiger partial charge in [0, 0.05) is 13.0 Å². The van der Waals surface area contributed by atoms with Gasteiger partial charge < -0.3 is 14.5 Å². The molecular weight excluding hydrogens is 292 g/mol. The van der Waals surface area contributed by atoms with Crippen LogP contribution in [-0.4, -0.2) is 65.6 Å². The van der Waals surface area contributed by atoms with E-state index >= 15 is 0 Å². The number of nitrogens with one attached hydrogen (secondary N) is 2. The first-order valence-corrected chi connectivity index (χ1v) is 8.98. The Morgan fingerprint density at radius 2 is 2.22 bits per heavy atom. The zero-order valence-electron chi connectivity index (χ0n) is 14.2. The molecule has 23 heavy (non-hydrogen) atoms. The van der Waals surface area contributed by atoms with Crippen molar-refractivity contribution >= 4 is 0 Å². The molecule has 1 aromatic rings. The van der Waals surface area contributed by atoms with Crippen LogP contribution in [0.2, 0.25) is 0 Å². The zero-order chi connectivity index (χ0) is 16.1. The summed E-state index contributed by atoms with van der Waals surface area (Å²) in [4.78, 5) is 3.25. The Kier molecular flexibility index (Phi) is 5.75. The maximum atomic E-state index is 5.75. The predicted molar refractivity (Wildman–Crippen MR) is 86.3 cm³/mol. The van der Waals surface area contributed by atoms with Crippen LogP contribution in [0.5, 0.6) is 0 Å². The van der Waals surface area contributed by atoms with Gasteiger partial charge in [0.2, 0.25) is 5.82 Å². The third-order valence-corrected chi connectivity index (χ3v) is 5.21. The molecule has 0 amide bonds. The highest BCUT2D eigenvalue weighted by molar-refractivity contribution is 4.88. The maximum absolute atomic E-state index is 5.75. The minimum absolute atomic E-state index is 0.277. The molecule has 1 aromatic heterocycles. The van der Waals surface area contributed by atoms with Crippen LogP contribution in [0.25, 0.3) is 0 Å². The first-order chi connectivity index (χ1) is 11.3. The molecule has 2 aliphatic heterocycles. The van der Waals surface area contributed by atoms with Gasteiger partial charge in [-0.2, -0.15) is 0 Å². The summed E-state index contributed by atoms with van der Waals surface area (Å²) in [5.74, 6) is 1.03. The van der Waals surface area contributed by atoms with Gasteiger partial charge in [0.05, 0.1) is 19.2 Å². The van der Waals surface area contributed by atoms with Gasteiger partial charge in [-0.15, -0.1) is 5.10 Å². The van der Waals surface area contributed by atoms with Crippen molar-refractivity contribution in [3.05, 3.63) is 18.5 Å². The summed E-state index contributed by atoms with van der Waals surface area (Å²) >= 11 is 0. The van der Waals surface area contributed by atoms with Crippen molar-refractivity contribution in [1.29, 1.82) is 0 Å². The molecule has 0 bridgehead atoms. The van der Waals surface area contributed by atoms with Crippen LogP contribution in [0.3, 0.4) is 0 Å². The summed E-state index contributed by atoms with van der Waals surface area (Å²) < 4.78 is 7.73. The number of hydrogen-bond donors (Lipinski definition) is 2. The Balaban J connectivity index is 1.64. The van der Waals surface area contributed by atoms with Crippen molar-refractivity contribution in [2.75, 3.05) is 39.3 Å². The molecule has 128 valence electrons. The van der Waals surface area contributed by atoms with E-state index in [1.165, 1.54) is 26.2 Å². The van der Waals surface area contributed by atoms with Crippen LogP contribution >= 0.6 is 0 Å². The smallest absolute Gasteiger partial charge is 0.209 e. The minimum Gasteiger partial charge on any atom is -0.376 e. The quantitative estimate of drug-likeness (QED) is 0.586.